The van der Waals surface area contributed by atoms with Crippen LogP contribution in [0.1, 0.15) is 30.9 Å². The summed E-state index contributed by atoms with van der Waals surface area (Å²) in [5, 5.41) is 3.79. The van der Waals surface area contributed by atoms with Crippen LogP contribution in [0.5, 0.6) is 0 Å². The Balaban J connectivity index is 1.82. The Hall–Kier alpha value is -2.60. The molecule has 0 bridgehead atoms. The second-order valence-corrected chi connectivity index (χ2v) is 8.67. The molecule has 2 aromatic carbocycles. The van der Waals surface area contributed by atoms with Gasteiger partial charge in [-0.2, -0.15) is 0 Å². The first-order chi connectivity index (χ1) is 13.4. The maximum atomic E-state index is 13.3. The molecule has 5 nitrogen and oxygen atoms in total. The van der Waals surface area contributed by atoms with Crippen LogP contribution < -0.4 is 10.9 Å². The van der Waals surface area contributed by atoms with Crippen LogP contribution in [0.2, 0.25) is 0 Å². The molecule has 1 saturated carbocycles. The molecule has 1 aliphatic rings. The number of thioether (sulfide) groups is 1. The standard InChI is InChI=1S/C22H23N3O2S/c1-13-8-11-17(12-14(13)2)25-21(27)18-6-4-5-7-19(18)24-22(25)28-15(3)20(26)23-16-9-10-16/h4-8,11-12,15-16H,9-10H2,1-3H3,(H,23,26)/t15-/m1/s1. The summed E-state index contributed by atoms with van der Waals surface area (Å²) in [6, 6.07) is 13.6. The fourth-order valence-electron chi connectivity index (χ4n) is 3.04. The smallest absolute Gasteiger partial charge is 0.266 e. The molecule has 0 aliphatic heterocycles. The van der Waals surface area contributed by atoms with E-state index in [2.05, 4.69) is 5.32 Å². The summed E-state index contributed by atoms with van der Waals surface area (Å²) in [7, 11) is 0. The molecule has 1 fully saturated rings. The Kier molecular flexibility index (Phi) is 4.98. The molecular formula is C22H23N3O2S. The van der Waals surface area contributed by atoms with Gasteiger partial charge in [-0.15, -0.1) is 0 Å². The molecule has 6 heteroatoms. The van der Waals surface area contributed by atoms with Gasteiger partial charge < -0.3 is 5.32 Å². The van der Waals surface area contributed by atoms with Crippen molar-refractivity contribution in [3.8, 4) is 5.69 Å². The third-order valence-electron chi connectivity index (χ3n) is 5.07. The first kappa shape index (κ1) is 18.7. The van der Waals surface area contributed by atoms with Crippen molar-refractivity contribution < 1.29 is 4.79 Å². The molecule has 28 heavy (non-hydrogen) atoms. The van der Waals surface area contributed by atoms with Gasteiger partial charge in [0.05, 0.1) is 21.8 Å². The van der Waals surface area contributed by atoms with E-state index in [-0.39, 0.29) is 16.7 Å². The number of aryl methyl sites for hydroxylation is 2. The van der Waals surface area contributed by atoms with Gasteiger partial charge in [-0.05, 0) is 69.0 Å². The van der Waals surface area contributed by atoms with E-state index in [1.54, 1.807) is 10.6 Å². The molecule has 1 N–H and O–H groups in total. The van der Waals surface area contributed by atoms with Gasteiger partial charge in [0.15, 0.2) is 5.16 Å². The van der Waals surface area contributed by atoms with Crippen molar-refractivity contribution in [2.75, 3.05) is 0 Å². The van der Waals surface area contributed by atoms with Crippen LogP contribution in [0.15, 0.2) is 52.4 Å². The number of amides is 1. The Morgan fingerprint density at radius 2 is 1.93 bits per heavy atom. The number of hydrogen-bond donors (Lipinski definition) is 1. The van der Waals surface area contributed by atoms with E-state index in [1.165, 1.54) is 11.8 Å². The average molecular weight is 394 g/mol. The Bertz CT molecular complexity index is 1120. The van der Waals surface area contributed by atoms with E-state index < -0.39 is 0 Å². The van der Waals surface area contributed by atoms with Crippen LogP contribution in [0.3, 0.4) is 0 Å². The zero-order valence-corrected chi connectivity index (χ0v) is 17.0. The summed E-state index contributed by atoms with van der Waals surface area (Å²) in [5.41, 5.74) is 3.56. The molecule has 0 saturated heterocycles. The molecule has 4 rings (SSSR count). The summed E-state index contributed by atoms with van der Waals surface area (Å²) in [6.45, 7) is 5.92. The van der Waals surface area contributed by atoms with E-state index in [0.29, 0.717) is 22.1 Å². The highest BCUT2D eigenvalue weighted by molar-refractivity contribution is 8.00. The summed E-state index contributed by atoms with van der Waals surface area (Å²) in [6.07, 6.45) is 2.09. The first-order valence-corrected chi connectivity index (χ1v) is 10.4. The molecule has 1 amide bonds. The van der Waals surface area contributed by atoms with Gasteiger partial charge in [0, 0.05) is 6.04 Å². The number of carbonyl (C=O) groups excluding carboxylic acids is 1. The fraction of sp³-hybridized carbons (Fsp3) is 0.318. The van der Waals surface area contributed by atoms with Crippen molar-refractivity contribution in [3.63, 3.8) is 0 Å². The number of rotatable bonds is 5. The summed E-state index contributed by atoms with van der Waals surface area (Å²) >= 11 is 1.32. The summed E-state index contributed by atoms with van der Waals surface area (Å²) < 4.78 is 1.63. The van der Waals surface area contributed by atoms with Crippen LogP contribution in [-0.4, -0.2) is 26.8 Å². The molecule has 3 aromatic rings. The minimum absolute atomic E-state index is 0.0125. The molecule has 1 heterocycles. The molecule has 0 radical (unpaired) electrons. The third kappa shape index (κ3) is 3.69. The van der Waals surface area contributed by atoms with Gasteiger partial charge in [-0.1, -0.05) is 30.0 Å². The number of benzene rings is 2. The molecule has 1 atom stereocenters. The van der Waals surface area contributed by atoms with E-state index in [0.717, 1.165) is 29.7 Å². The molecule has 0 unspecified atom stereocenters. The lowest BCUT2D eigenvalue weighted by molar-refractivity contribution is -0.120. The first-order valence-electron chi connectivity index (χ1n) is 9.50. The Morgan fingerprint density at radius 1 is 1.18 bits per heavy atom. The SMILES string of the molecule is Cc1ccc(-n2c(S[C@H](C)C(=O)NC3CC3)nc3ccccc3c2=O)cc1C. The number of nitrogens with zero attached hydrogens (tertiary/aromatic N) is 2. The van der Waals surface area contributed by atoms with Crippen molar-refractivity contribution >= 4 is 28.6 Å². The van der Waals surface area contributed by atoms with E-state index in [1.807, 2.05) is 57.2 Å². The zero-order valence-electron chi connectivity index (χ0n) is 16.2. The van der Waals surface area contributed by atoms with Crippen molar-refractivity contribution in [2.45, 2.75) is 50.1 Å². The van der Waals surface area contributed by atoms with Crippen molar-refractivity contribution in [1.29, 1.82) is 0 Å². The fourth-order valence-corrected chi connectivity index (χ4v) is 3.98. The maximum Gasteiger partial charge on any atom is 0.266 e. The lowest BCUT2D eigenvalue weighted by Gasteiger charge is -2.17. The van der Waals surface area contributed by atoms with Gasteiger partial charge in [-0.25, -0.2) is 4.98 Å². The van der Waals surface area contributed by atoms with Gasteiger partial charge >= 0.3 is 0 Å². The van der Waals surface area contributed by atoms with Crippen molar-refractivity contribution in [1.82, 2.24) is 14.9 Å². The van der Waals surface area contributed by atoms with Crippen LogP contribution in [0, 0.1) is 13.8 Å². The van der Waals surface area contributed by atoms with Crippen LogP contribution in [-0.2, 0) is 4.79 Å². The van der Waals surface area contributed by atoms with Gasteiger partial charge in [0.1, 0.15) is 0 Å². The molecule has 1 aliphatic carbocycles. The number of aromatic nitrogens is 2. The molecule has 1 aromatic heterocycles. The molecule has 144 valence electrons. The highest BCUT2D eigenvalue weighted by atomic mass is 32.2. The van der Waals surface area contributed by atoms with Gasteiger partial charge in [0.2, 0.25) is 5.91 Å². The Morgan fingerprint density at radius 3 is 2.64 bits per heavy atom. The second-order valence-electron chi connectivity index (χ2n) is 7.36. The topological polar surface area (TPSA) is 64.0 Å². The minimum Gasteiger partial charge on any atom is -0.352 e. The van der Waals surface area contributed by atoms with Crippen LogP contribution >= 0.6 is 11.8 Å². The lowest BCUT2D eigenvalue weighted by Crippen LogP contribution is -2.33. The van der Waals surface area contributed by atoms with Crippen LogP contribution in [0.25, 0.3) is 16.6 Å². The van der Waals surface area contributed by atoms with Gasteiger partial charge in [0.25, 0.3) is 5.56 Å². The number of nitrogens with one attached hydrogen (secondary N) is 1. The molecule has 0 spiro atoms. The van der Waals surface area contributed by atoms with Crippen LogP contribution in [0.4, 0.5) is 0 Å². The number of para-hydroxylation sites is 1. The molecular weight excluding hydrogens is 370 g/mol. The quantitative estimate of drug-likeness (QED) is 0.529. The summed E-state index contributed by atoms with van der Waals surface area (Å²) in [4.78, 5) is 30.5. The predicted octanol–water partition coefficient (Wildman–Crippen LogP) is 3.76. The normalized spacial score (nSPS) is 14.8. The highest BCUT2D eigenvalue weighted by Crippen LogP contribution is 2.27. The summed E-state index contributed by atoms with van der Waals surface area (Å²) in [5.74, 6) is -0.0125. The highest BCUT2D eigenvalue weighted by Gasteiger charge is 2.27. The van der Waals surface area contributed by atoms with E-state index in [9.17, 15) is 9.59 Å². The average Bonchev–Trinajstić information content (AvgIpc) is 3.48. The van der Waals surface area contributed by atoms with Gasteiger partial charge in [-0.3, -0.25) is 14.2 Å². The second kappa shape index (κ2) is 7.43. The minimum atomic E-state index is -0.341. The lowest BCUT2D eigenvalue weighted by atomic mass is 10.1. The van der Waals surface area contributed by atoms with Crippen molar-refractivity contribution in [3.05, 3.63) is 63.9 Å². The van der Waals surface area contributed by atoms with E-state index in [4.69, 9.17) is 4.98 Å². The largest absolute Gasteiger partial charge is 0.352 e. The number of hydrogen-bond acceptors (Lipinski definition) is 4. The Labute approximate surface area is 168 Å². The van der Waals surface area contributed by atoms with Crippen molar-refractivity contribution in [2.24, 2.45) is 0 Å². The monoisotopic (exact) mass is 393 g/mol. The maximum absolute atomic E-state index is 13.3. The zero-order chi connectivity index (χ0) is 19.8. The number of fused-ring (bicyclic) bond motifs is 1. The van der Waals surface area contributed by atoms with E-state index >= 15 is 0 Å². The number of carbonyl (C=O) groups is 1. The third-order valence-corrected chi connectivity index (χ3v) is 6.12. The predicted molar refractivity (Wildman–Crippen MR) is 113 cm³/mol.